The van der Waals surface area contributed by atoms with Crippen LogP contribution in [0.2, 0.25) is 0 Å². The van der Waals surface area contributed by atoms with Gasteiger partial charge in [-0.1, -0.05) is 167 Å². The fraction of sp³-hybridized carbons (Fsp3) is 0.909. The van der Waals surface area contributed by atoms with Crippen LogP contribution >= 0.6 is 7.82 Å². The molecule has 0 saturated carbocycles. The zero-order valence-electron chi connectivity index (χ0n) is 36.0. The summed E-state index contributed by atoms with van der Waals surface area (Å²) in [4.78, 5) is 35.3. The molecule has 2 unspecified atom stereocenters. The maximum Gasteiger partial charge on any atom is 0.472 e. The van der Waals surface area contributed by atoms with Crippen molar-refractivity contribution in [3.63, 3.8) is 0 Å². The molecule has 0 spiro atoms. The standard InChI is InChI=1S/C44H86NO8P/c1-6-8-10-12-14-16-18-20-22-24-26-28-30-32-34-36-43(46)50-40-42(41-52-54(48,49)51-39-38-45(3,4)5)53-44(47)37-35-33-31-29-27-25-23-21-19-17-15-13-11-9-7-2/h27,29,42H,6-26,28,30-41H2,1-5H3/p+1/b29-27-. The molecule has 0 aliphatic carbocycles. The number of allylic oxidation sites excluding steroid dienone is 2. The molecule has 54 heavy (non-hydrogen) atoms. The number of unbranched alkanes of at least 4 members (excludes halogenated alkanes) is 25. The quantitative estimate of drug-likeness (QED) is 0.0214. The van der Waals surface area contributed by atoms with E-state index in [-0.39, 0.29) is 25.6 Å². The van der Waals surface area contributed by atoms with E-state index in [9.17, 15) is 19.0 Å². The van der Waals surface area contributed by atoms with E-state index < -0.39 is 26.5 Å². The first kappa shape index (κ1) is 52.8. The molecule has 0 aromatic heterocycles. The summed E-state index contributed by atoms with van der Waals surface area (Å²) in [5.74, 6) is -0.814. The summed E-state index contributed by atoms with van der Waals surface area (Å²) in [6, 6.07) is 0. The summed E-state index contributed by atoms with van der Waals surface area (Å²) in [6.07, 6.45) is 38.3. The molecule has 0 aliphatic heterocycles. The minimum absolute atomic E-state index is 0.0314. The molecule has 0 fully saturated rings. The Balaban J connectivity index is 4.35. The van der Waals surface area contributed by atoms with Crippen LogP contribution in [0, 0.1) is 0 Å². The monoisotopic (exact) mass is 789 g/mol. The van der Waals surface area contributed by atoms with Crippen molar-refractivity contribution in [3.8, 4) is 0 Å². The van der Waals surface area contributed by atoms with E-state index >= 15 is 0 Å². The van der Waals surface area contributed by atoms with Gasteiger partial charge in [-0.3, -0.25) is 18.6 Å². The van der Waals surface area contributed by atoms with Crippen LogP contribution in [0.5, 0.6) is 0 Å². The average molecular weight is 789 g/mol. The lowest BCUT2D eigenvalue weighted by atomic mass is 10.0. The van der Waals surface area contributed by atoms with Crippen LogP contribution in [0.1, 0.15) is 206 Å². The number of ether oxygens (including phenoxy) is 2. The molecule has 320 valence electrons. The molecule has 9 nitrogen and oxygen atoms in total. The zero-order chi connectivity index (χ0) is 40.0. The molecule has 0 bridgehead atoms. The molecular weight excluding hydrogens is 701 g/mol. The molecule has 0 saturated heterocycles. The third-order valence-electron chi connectivity index (χ3n) is 9.80. The van der Waals surface area contributed by atoms with Gasteiger partial charge in [0.25, 0.3) is 0 Å². The Morgan fingerprint density at radius 1 is 0.556 bits per heavy atom. The van der Waals surface area contributed by atoms with Gasteiger partial charge in [0.1, 0.15) is 19.8 Å². The summed E-state index contributed by atoms with van der Waals surface area (Å²) >= 11 is 0. The summed E-state index contributed by atoms with van der Waals surface area (Å²) in [5.41, 5.74) is 0. The number of quaternary nitrogens is 1. The van der Waals surface area contributed by atoms with Crippen molar-refractivity contribution in [1.82, 2.24) is 0 Å². The van der Waals surface area contributed by atoms with Gasteiger partial charge in [0.05, 0.1) is 27.7 Å². The van der Waals surface area contributed by atoms with Crippen molar-refractivity contribution in [1.29, 1.82) is 0 Å². The first-order chi connectivity index (χ1) is 26.0. The number of phosphoric acid groups is 1. The van der Waals surface area contributed by atoms with Crippen LogP contribution in [-0.4, -0.2) is 74.9 Å². The fourth-order valence-corrected chi connectivity index (χ4v) is 6.99. The van der Waals surface area contributed by atoms with Gasteiger partial charge in [0, 0.05) is 12.8 Å². The second kappa shape index (κ2) is 37.3. The van der Waals surface area contributed by atoms with E-state index in [4.69, 9.17) is 18.5 Å². The molecule has 0 radical (unpaired) electrons. The van der Waals surface area contributed by atoms with E-state index in [1.807, 2.05) is 21.1 Å². The van der Waals surface area contributed by atoms with Crippen molar-refractivity contribution in [2.45, 2.75) is 213 Å². The SMILES string of the molecule is CCCCCCCCCCC/C=C\CCCCC(=O)OC(COC(=O)CCCCCCCCCCCCCCCCC)COP(=O)(O)OCC[N+](C)(C)C. The molecule has 0 aromatic carbocycles. The van der Waals surface area contributed by atoms with E-state index in [2.05, 4.69) is 26.0 Å². The third kappa shape index (κ3) is 40.4. The van der Waals surface area contributed by atoms with Crippen LogP contribution in [0.3, 0.4) is 0 Å². The van der Waals surface area contributed by atoms with Gasteiger partial charge in [-0.2, -0.15) is 0 Å². The number of phosphoric ester groups is 1. The van der Waals surface area contributed by atoms with Gasteiger partial charge in [-0.05, 0) is 38.5 Å². The van der Waals surface area contributed by atoms with Gasteiger partial charge >= 0.3 is 19.8 Å². The minimum atomic E-state index is -4.37. The highest BCUT2D eigenvalue weighted by Gasteiger charge is 2.27. The van der Waals surface area contributed by atoms with Crippen molar-refractivity contribution in [2.75, 3.05) is 47.5 Å². The van der Waals surface area contributed by atoms with Gasteiger partial charge in [0.15, 0.2) is 6.10 Å². The lowest BCUT2D eigenvalue weighted by molar-refractivity contribution is -0.870. The molecule has 10 heteroatoms. The zero-order valence-corrected chi connectivity index (χ0v) is 36.9. The Hall–Kier alpha value is -1.25. The Kier molecular flexibility index (Phi) is 36.5. The highest BCUT2D eigenvalue weighted by Crippen LogP contribution is 2.43. The number of hydrogen-bond acceptors (Lipinski definition) is 7. The summed E-state index contributed by atoms with van der Waals surface area (Å²) in [6.45, 7) is 4.42. The lowest BCUT2D eigenvalue weighted by Crippen LogP contribution is -2.37. The van der Waals surface area contributed by atoms with Crippen LogP contribution < -0.4 is 0 Å². The molecule has 0 aliphatic rings. The number of nitrogens with zero attached hydrogens (tertiary/aromatic N) is 1. The van der Waals surface area contributed by atoms with Crippen LogP contribution in [0.4, 0.5) is 0 Å². The van der Waals surface area contributed by atoms with Gasteiger partial charge in [-0.15, -0.1) is 0 Å². The number of likely N-dealkylation sites (N-methyl/N-ethyl adjacent to an activating group) is 1. The number of esters is 2. The number of carbonyl (C=O) groups excluding carboxylic acids is 2. The molecule has 2 atom stereocenters. The van der Waals surface area contributed by atoms with Gasteiger partial charge in [-0.25, -0.2) is 4.57 Å². The molecular formula is C44H87NO8P+. The Morgan fingerprint density at radius 3 is 1.41 bits per heavy atom. The highest BCUT2D eigenvalue weighted by atomic mass is 31.2. The predicted molar refractivity (Wildman–Crippen MR) is 224 cm³/mol. The number of rotatable bonds is 41. The Bertz CT molecular complexity index is 938. The van der Waals surface area contributed by atoms with Crippen molar-refractivity contribution >= 4 is 19.8 Å². The van der Waals surface area contributed by atoms with Gasteiger partial charge in [0.2, 0.25) is 0 Å². The first-order valence-corrected chi connectivity index (χ1v) is 23.9. The van der Waals surface area contributed by atoms with Crippen LogP contribution in [0.25, 0.3) is 0 Å². The summed E-state index contributed by atoms with van der Waals surface area (Å²) < 4.78 is 34.3. The lowest BCUT2D eigenvalue weighted by Gasteiger charge is -2.24. The van der Waals surface area contributed by atoms with E-state index in [1.165, 1.54) is 135 Å². The van der Waals surface area contributed by atoms with Crippen LogP contribution in [-0.2, 0) is 32.7 Å². The second-order valence-corrected chi connectivity index (χ2v) is 17.9. The van der Waals surface area contributed by atoms with E-state index in [0.717, 1.165) is 38.5 Å². The van der Waals surface area contributed by atoms with Crippen LogP contribution in [0.15, 0.2) is 12.2 Å². The smallest absolute Gasteiger partial charge is 0.462 e. The third-order valence-corrected chi connectivity index (χ3v) is 10.8. The second-order valence-electron chi connectivity index (χ2n) is 16.4. The number of carbonyl (C=O) groups is 2. The Labute approximate surface area is 333 Å². The maximum atomic E-state index is 12.7. The van der Waals surface area contributed by atoms with E-state index in [0.29, 0.717) is 23.9 Å². The highest BCUT2D eigenvalue weighted by molar-refractivity contribution is 7.47. The fourth-order valence-electron chi connectivity index (χ4n) is 6.24. The molecule has 0 amide bonds. The average Bonchev–Trinajstić information content (AvgIpc) is 3.12. The Morgan fingerprint density at radius 2 is 0.944 bits per heavy atom. The summed E-state index contributed by atoms with van der Waals surface area (Å²) in [7, 11) is 1.47. The minimum Gasteiger partial charge on any atom is -0.462 e. The maximum absolute atomic E-state index is 12.7. The first-order valence-electron chi connectivity index (χ1n) is 22.4. The van der Waals surface area contributed by atoms with Crippen molar-refractivity contribution in [2.24, 2.45) is 0 Å². The van der Waals surface area contributed by atoms with Crippen molar-refractivity contribution < 1.29 is 42.1 Å². The molecule has 1 N–H and O–H groups in total. The van der Waals surface area contributed by atoms with E-state index in [1.54, 1.807) is 0 Å². The molecule has 0 rings (SSSR count). The predicted octanol–water partition coefficient (Wildman–Crippen LogP) is 12.6. The molecule has 0 aromatic rings. The topological polar surface area (TPSA) is 108 Å². The molecule has 0 heterocycles. The summed E-state index contributed by atoms with van der Waals surface area (Å²) in [5, 5.41) is 0. The van der Waals surface area contributed by atoms with Crippen molar-refractivity contribution in [3.05, 3.63) is 12.2 Å². The normalized spacial score (nSPS) is 13.7. The largest absolute Gasteiger partial charge is 0.472 e. The van der Waals surface area contributed by atoms with Gasteiger partial charge < -0.3 is 18.9 Å². The number of hydrogen-bond donors (Lipinski definition) is 1.